The zero-order chi connectivity index (χ0) is 14.5. The average molecular weight is 356 g/mol. The smallest absolute Gasteiger partial charge is 0.319 e. The lowest BCUT2D eigenvalue weighted by atomic mass is 10.3. The minimum atomic E-state index is -0.285. The molecule has 0 unspecified atom stereocenters. The lowest BCUT2D eigenvalue weighted by Gasteiger charge is -2.11. The first-order chi connectivity index (χ1) is 9.58. The molecule has 20 heavy (non-hydrogen) atoms. The molecule has 0 saturated heterocycles. The van der Waals surface area contributed by atoms with E-state index < -0.39 is 0 Å². The second-order valence-corrected chi connectivity index (χ2v) is 6.23. The van der Waals surface area contributed by atoms with Gasteiger partial charge in [0.2, 0.25) is 0 Å². The Morgan fingerprint density at radius 1 is 1.50 bits per heavy atom. The first kappa shape index (κ1) is 14.8. The lowest BCUT2D eigenvalue weighted by molar-refractivity contribution is 0.251. The summed E-state index contributed by atoms with van der Waals surface area (Å²) in [5.41, 5.74) is 0.611. The molecule has 0 atom stereocenters. The van der Waals surface area contributed by atoms with Crippen molar-refractivity contribution < 1.29 is 9.53 Å². The average Bonchev–Trinajstić information content (AvgIpc) is 2.83. The van der Waals surface area contributed by atoms with Gasteiger partial charge in [-0.2, -0.15) is 0 Å². The minimum absolute atomic E-state index is 0.285. The van der Waals surface area contributed by atoms with Gasteiger partial charge < -0.3 is 15.4 Å². The summed E-state index contributed by atoms with van der Waals surface area (Å²) in [6.45, 7) is 2.38. The van der Waals surface area contributed by atoms with Crippen LogP contribution in [0.5, 0.6) is 5.75 Å². The molecule has 0 bridgehead atoms. The maximum absolute atomic E-state index is 11.9. The molecule has 0 spiro atoms. The summed E-state index contributed by atoms with van der Waals surface area (Å²) in [4.78, 5) is 17.0. The van der Waals surface area contributed by atoms with E-state index in [1.165, 1.54) is 0 Å². The number of hydrogen-bond donors (Lipinski definition) is 2. The first-order valence-corrected chi connectivity index (χ1v) is 7.49. The molecule has 2 aromatic rings. The van der Waals surface area contributed by atoms with Crippen molar-refractivity contribution in [3.05, 3.63) is 38.8 Å². The van der Waals surface area contributed by atoms with Gasteiger partial charge in [0.05, 0.1) is 24.3 Å². The number of thiazole rings is 1. The van der Waals surface area contributed by atoms with Crippen molar-refractivity contribution in [1.29, 1.82) is 0 Å². The van der Waals surface area contributed by atoms with E-state index in [2.05, 4.69) is 31.5 Å². The van der Waals surface area contributed by atoms with E-state index in [4.69, 9.17) is 4.74 Å². The van der Waals surface area contributed by atoms with Crippen molar-refractivity contribution in [3.63, 3.8) is 0 Å². The number of urea groups is 1. The van der Waals surface area contributed by atoms with E-state index in [-0.39, 0.29) is 6.03 Å². The van der Waals surface area contributed by atoms with Crippen LogP contribution in [0.25, 0.3) is 0 Å². The first-order valence-electron chi connectivity index (χ1n) is 5.88. The number of nitrogens with one attached hydrogen (secondary N) is 2. The molecule has 1 aromatic heterocycles. The molecule has 0 aliphatic carbocycles. The Kier molecular flexibility index (Phi) is 4.97. The van der Waals surface area contributed by atoms with Gasteiger partial charge in [-0.3, -0.25) is 0 Å². The highest BCUT2D eigenvalue weighted by Crippen LogP contribution is 2.27. The van der Waals surface area contributed by atoms with Crippen LogP contribution in [0, 0.1) is 6.92 Å². The molecule has 0 saturated carbocycles. The van der Waals surface area contributed by atoms with Crippen LogP contribution in [0.15, 0.2) is 28.9 Å². The third kappa shape index (κ3) is 3.94. The molecule has 0 aliphatic rings. The normalized spacial score (nSPS) is 10.2. The van der Waals surface area contributed by atoms with Crippen LogP contribution >= 0.6 is 27.3 Å². The fraction of sp³-hybridized carbons (Fsp3) is 0.231. The number of ether oxygens (including phenoxy) is 1. The van der Waals surface area contributed by atoms with Crippen molar-refractivity contribution in [3.8, 4) is 5.75 Å². The van der Waals surface area contributed by atoms with Crippen LogP contribution in [0.4, 0.5) is 10.5 Å². The Bertz CT molecular complexity index is 615. The second-order valence-electron chi connectivity index (χ2n) is 4.00. The molecule has 7 heteroatoms. The van der Waals surface area contributed by atoms with Gasteiger partial charge in [-0.1, -0.05) is 15.9 Å². The number of amides is 2. The number of hydrogen-bond acceptors (Lipinski definition) is 4. The zero-order valence-electron chi connectivity index (χ0n) is 11.1. The van der Waals surface area contributed by atoms with E-state index >= 15 is 0 Å². The van der Waals surface area contributed by atoms with Gasteiger partial charge in [0.25, 0.3) is 0 Å². The number of benzene rings is 1. The molecule has 0 radical (unpaired) electrons. The third-order valence-corrected chi connectivity index (χ3v) is 3.91. The molecule has 0 aliphatic heterocycles. The molecule has 1 heterocycles. The summed E-state index contributed by atoms with van der Waals surface area (Å²) in [6.07, 6.45) is 1.76. The van der Waals surface area contributed by atoms with E-state index in [0.29, 0.717) is 18.0 Å². The Morgan fingerprint density at radius 2 is 2.30 bits per heavy atom. The summed E-state index contributed by atoms with van der Waals surface area (Å²) in [5, 5.41) is 6.52. The summed E-state index contributed by atoms with van der Waals surface area (Å²) >= 11 is 4.92. The van der Waals surface area contributed by atoms with E-state index in [0.717, 1.165) is 14.4 Å². The zero-order valence-corrected chi connectivity index (χ0v) is 13.5. The molecular weight excluding hydrogens is 342 g/mol. The number of aryl methyl sites for hydroxylation is 1. The standard InChI is InChI=1S/C13H14BrN3O2S/c1-8-15-6-10(20-8)7-16-13(18)17-11-5-9(14)3-4-12(11)19-2/h3-6H,7H2,1-2H3,(H2,16,17,18). The molecule has 2 rings (SSSR count). The Balaban J connectivity index is 1.96. The van der Waals surface area contributed by atoms with Crippen molar-refractivity contribution in [1.82, 2.24) is 10.3 Å². The highest BCUT2D eigenvalue weighted by atomic mass is 79.9. The fourth-order valence-corrected chi connectivity index (χ4v) is 2.69. The topological polar surface area (TPSA) is 63.2 Å². The van der Waals surface area contributed by atoms with Crippen LogP contribution in [-0.2, 0) is 6.54 Å². The minimum Gasteiger partial charge on any atom is -0.495 e. The van der Waals surface area contributed by atoms with Crippen molar-refractivity contribution >= 4 is 39.0 Å². The number of anilines is 1. The summed E-state index contributed by atoms with van der Waals surface area (Å²) in [6, 6.07) is 5.14. The second kappa shape index (κ2) is 6.71. The van der Waals surface area contributed by atoms with E-state index in [9.17, 15) is 4.79 Å². The highest BCUT2D eigenvalue weighted by Gasteiger charge is 2.08. The molecule has 0 fully saturated rings. The molecule has 5 nitrogen and oxygen atoms in total. The van der Waals surface area contributed by atoms with Crippen molar-refractivity contribution in [2.24, 2.45) is 0 Å². The number of carbonyl (C=O) groups is 1. The number of rotatable bonds is 4. The van der Waals surface area contributed by atoms with Gasteiger partial charge in [0, 0.05) is 15.5 Å². The van der Waals surface area contributed by atoms with Crippen LogP contribution in [0.1, 0.15) is 9.88 Å². The van der Waals surface area contributed by atoms with Crippen LogP contribution in [0.3, 0.4) is 0 Å². The summed E-state index contributed by atoms with van der Waals surface area (Å²) < 4.78 is 6.06. The third-order valence-electron chi connectivity index (χ3n) is 2.50. The van der Waals surface area contributed by atoms with Crippen molar-refractivity contribution in [2.75, 3.05) is 12.4 Å². The van der Waals surface area contributed by atoms with Crippen LogP contribution < -0.4 is 15.4 Å². The van der Waals surface area contributed by atoms with Gasteiger partial charge >= 0.3 is 6.03 Å². The lowest BCUT2D eigenvalue weighted by Crippen LogP contribution is -2.28. The monoisotopic (exact) mass is 355 g/mol. The molecule has 1 aromatic carbocycles. The van der Waals surface area contributed by atoms with E-state index in [1.54, 1.807) is 36.8 Å². The van der Waals surface area contributed by atoms with Crippen molar-refractivity contribution in [2.45, 2.75) is 13.5 Å². The van der Waals surface area contributed by atoms with Crippen LogP contribution in [0.2, 0.25) is 0 Å². The maximum Gasteiger partial charge on any atom is 0.319 e. The number of methoxy groups -OCH3 is 1. The number of halogens is 1. The Morgan fingerprint density at radius 3 is 2.95 bits per heavy atom. The van der Waals surface area contributed by atoms with Gasteiger partial charge in [-0.05, 0) is 25.1 Å². The van der Waals surface area contributed by atoms with Gasteiger partial charge in [0.15, 0.2) is 0 Å². The molecule has 2 amide bonds. The fourth-order valence-electron chi connectivity index (χ4n) is 1.60. The number of aromatic nitrogens is 1. The predicted molar refractivity (Wildman–Crippen MR) is 83.4 cm³/mol. The number of carbonyl (C=O) groups excluding carboxylic acids is 1. The Labute approximate surface area is 129 Å². The Hall–Kier alpha value is -1.60. The molecule has 106 valence electrons. The number of nitrogens with zero attached hydrogens (tertiary/aromatic N) is 1. The molecular formula is C13H14BrN3O2S. The predicted octanol–water partition coefficient (Wildman–Crippen LogP) is 3.54. The SMILES string of the molecule is COc1ccc(Br)cc1NC(=O)NCc1cnc(C)s1. The maximum atomic E-state index is 11.9. The van der Waals surface area contributed by atoms with E-state index in [1.807, 2.05) is 13.0 Å². The largest absolute Gasteiger partial charge is 0.495 e. The van der Waals surface area contributed by atoms with Crippen LogP contribution in [-0.4, -0.2) is 18.1 Å². The summed E-state index contributed by atoms with van der Waals surface area (Å²) in [7, 11) is 1.56. The van der Waals surface area contributed by atoms with Gasteiger partial charge in [-0.15, -0.1) is 11.3 Å². The van der Waals surface area contributed by atoms with Gasteiger partial charge in [0.1, 0.15) is 5.75 Å². The summed E-state index contributed by atoms with van der Waals surface area (Å²) in [5.74, 6) is 0.608. The van der Waals surface area contributed by atoms with Gasteiger partial charge in [-0.25, -0.2) is 9.78 Å². The highest BCUT2D eigenvalue weighted by molar-refractivity contribution is 9.10. The molecule has 2 N–H and O–H groups in total. The quantitative estimate of drug-likeness (QED) is 0.881.